The number of carbonyl (C=O) groups excluding carboxylic acids is 1. The van der Waals surface area contributed by atoms with Crippen molar-refractivity contribution in [1.29, 1.82) is 0 Å². The molecule has 0 aliphatic carbocycles. The minimum absolute atomic E-state index is 0.0628. The fraction of sp³-hybridized carbons (Fsp3) is 0.600. The largest absolute Gasteiger partial charge is 0.381 e. The summed E-state index contributed by atoms with van der Waals surface area (Å²) >= 11 is 0. The van der Waals surface area contributed by atoms with Crippen LogP contribution in [0, 0.1) is 0 Å². The molecule has 0 aliphatic heterocycles. The van der Waals surface area contributed by atoms with E-state index >= 15 is 0 Å². The van der Waals surface area contributed by atoms with Crippen molar-refractivity contribution < 1.29 is 13.2 Å². The van der Waals surface area contributed by atoms with Crippen LogP contribution in [0.2, 0.25) is 0 Å². The maximum absolute atomic E-state index is 12.1. The number of nitrogen functional groups attached to an aromatic ring is 1. The van der Waals surface area contributed by atoms with Crippen molar-refractivity contribution in [2.24, 2.45) is 5.73 Å². The molecule has 108 valence electrons. The molecule has 1 heterocycles. The van der Waals surface area contributed by atoms with Gasteiger partial charge in [-0.05, 0) is 13.3 Å². The molecule has 0 aliphatic rings. The van der Waals surface area contributed by atoms with E-state index in [-0.39, 0.29) is 17.1 Å². The molecule has 0 radical (unpaired) electrons. The second kappa shape index (κ2) is 6.02. The Balaban J connectivity index is 2.90. The summed E-state index contributed by atoms with van der Waals surface area (Å²) in [5, 5.41) is 3.92. The van der Waals surface area contributed by atoms with Gasteiger partial charge in [-0.3, -0.25) is 9.48 Å². The highest BCUT2D eigenvalue weighted by atomic mass is 32.2. The smallest absolute Gasteiger partial charge is 0.246 e. The summed E-state index contributed by atoms with van der Waals surface area (Å²) in [7, 11) is -3.80. The van der Waals surface area contributed by atoms with Crippen molar-refractivity contribution in [1.82, 2.24) is 14.5 Å². The van der Waals surface area contributed by atoms with Gasteiger partial charge in [0, 0.05) is 25.2 Å². The molecule has 1 amide bonds. The summed E-state index contributed by atoms with van der Waals surface area (Å²) in [5.74, 6) is -0.642. The fourth-order valence-corrected chi connectivity index (χ4v) is 2.96. The minimum atomic E-state index is -3.80. The van der Waals surface area contributed by atoms with Crippen LogP contribution in [0.25, 0.3) is 0 Å². The molecule has 9 heteroatoms. The Kier molecular flexibility index (Phi) is 4.90. The number of aryl methyl sites for hydroxylation is 1. The quantitative estimate of drug-likeness (QED) is 0.617. The van der Waals surface area contributed by atoms with Crippen LogP contribution in [-0.4, -0.2) is 30.1 Å². The number of hydrogen-bond donors (Lipinski definition) is 3. The predicted octanol–water partition coefficient (Wildman–Crippen LogP) is -0.582. The van der Waals surface area contributed by atoms with Crippen molar-refractivity contribution >= 4 is 21.7 Å². The number of rotatable bonds is 7. The molecular formula is C10H19N5O3S. The molecule has 0 fully saturated rings. The molecule has 1 atom stereocenters. The summed E-state index contributed by atoms with van der Waals surface area (Å²) in [6, 6.07) is -0.601. The van der Waals surface area contributed by atoms with Crippen molar-refractivity contribution in [3.63, 3.8) is 0 Å². The Hall–Kier alpha value is -1.61. The first kappa shape index (κ1) is 15.4. The van der Waals surface area contributed by atoms with Gasteiger partial charge in [0.2, 0.25) is 15.9 Å². The second-order valence-corrected chi connectivity index (χ2v) is 6.02. The van der Waals surface area contributed by atoms with Gasteiger partial charge < -0.3 is 11.5 Å². The van der Waals surface area contributed by atoms with Crippen molar-refractivity contribution in [3.05, 3.63) is 6.20 Å². The fourth-order valence-electron chi connectivity index (χ4n) is 1.64. The van der Waals surface area contributed by atoms with Crippen molar-refractivity contribution in [2.45, 2.75) is 44.2 Å². The Morgan fingerprint density at radius 1 is 1.58 bits per heavy atom. The first-order chi connectivity index (χ1) is 8.76. The molecule has 0 saturated carbocycles. The maximum atomic E-state index is 12.1. The summed E-state index contributed by atoms with van der Waals surface area (Å²) < 4.78 is 27.9. The lowest BCUT2D eigenvalue weighted by Gasteiger charge is -2.11. The molecule has 5 N–H and O–H groups in total. The molecule has 8 nitrogen and oxygen atoms in total. The van der Waals surface area contributed by atoms with E-state index in [1.165, 1.54) is 10.9 Å². The molecule has 1 aromatic rings. The van der Waals surface area contributed by atoms with Gasteiger partial charge in [0.15, 0.2) is 5.82 Å². The summed E-state index contributed by atoms with van der Waals surface area (Å²) in [6.45, 7) is 4.07. The van der Waals surface area contributed by atoms with E-state index in [0.717, 1.165) is 6.42 Å². The second-order valence-electron chi connectivity index (χ2n) is 4.33. The first-order valence-corrected chi connectivity index (χ1v) is 7.38. The SMILES string of the molecule is CCCn1cc(S(=O)(=O)NC(C)CC(N)=O)c(N)n1. The molecule has 19 heavy (non-hydrogen) atoms. The van der Waals surface area contributed by atoms with Gasteiger partial charge in [0.25, 0.3) is 0 Å². The third kappa shape index (κ3) is 4.21. The van der Waals surface area contributed by atoms with E-state index in [4.69, 9.17) is 11.5 Å². The molecule has 0 bridgehead atoms. The van der Waals surface area contributed by atoms with Gasteiger partial charge in [-0.15, -0.1) is 0 Å². The van der Waals surface area contributed by atoms with Crippen LogP contribution in [0.1, 0.15) is 26.7 Å². The van der Waals surface area contributed by atoms with Crippen LogP contribution < -0.4 is 16.2 Å². The third-order valence-corrected chi connectivity index (χ3v) is 3.97. The van der Waals surface area contributed by atoms with Gasteiger partial charge in [0.05, 0.1) is 0 Å². The average molecular weight is 289 g/mol. The average Bonchev–Trinajstić information content (AvgIpc) is 2.58. The Labute approximate surface area is 112 Å². The van der Waals surface area contributed by atoms with Crippen molar-refractivity contribution in [2.75, 3.05) is 5.73 Å². The van der Waals surface area contributed by atoms with Gasteiger partial charge in [0.1, 0.15) is 4.90 Å². The van der Waals surface area contributed by atoms with E-state index in [0.29, 0.717) is 6.54 Å². The van der Waals surface area contributed by atoms with Crippen LogP contribution in [0.4, 0.5) is 5.82 Å². The zero-order chi connectivity index (χ0) is 14.6. The number of primary amides is 1. The van der Waals surface area contributed by atoms with E-state index in [1.54, 1.807) is 6.92 Å². The molecular weight excluding hydrogens is 270 g/mol. The monoisotopic (exact) mass is 289 g/mol. The first-order valence-electron chi connectivity index (χ1n) is 5.89. The normalized spacial score (nSPS) is 13.4. The highest BCUT2D eigenvalue weighted by Crippen LogP contribution is 2.16. The number of amides is 1. The number of hydrogen-bond acceptors (Lipinski definition) is 5. The third-order valence-electron chi connectivity index (χ3n) is 2.36. The molecule has 1 rings (SSSR count). The van der Waals surface area contributed by atoms with E-state index in [9.17, 15) is 13.2 Å². The van der Waals surface area contributed by atoms with Gasteiger partial charge in [-0.2, -0.15) is 5.10 Å². The molecule has 1 aromatic heterocycles. The highest BCUT2D eigenvalue weighted by molar-refractivity contribution is 7.89. The lowest BCUT2D eigenvalue weighted by Crippen LogP contribution is -2.35. The molecule has 0 aromatic carbocycles. The molecule has 0 spiro atoms. The number of carbonyl (C=O) groups is 1. The number of nitrogens with one attached hydrogen (secondary N) is 1. The zero-order valence-corrected chi connectivity index (χ0v) is 11.8. The Morgan fingerprint density at radius 3 is 2.74 bits per heavy atom. The Bertz CT molecular complexity index is 552. The van der Waals surface area contributed by atoms with Crippen LogP contribution in [0.15, 0.2) is 11.1 Å². The standard InChI is InChI=1S/C10H19N5O3S/c1-3-4-15-6-8(10(12)13-15)19(17,18)14-7(2)5-9(11)16/h6-7,14H,3-5H2,1-2H3,(H2,11,16)(H2,12,13). The molecule has 1 unspecified atom stereocenters. The van der Waals surface area contributed by atoms with Crippen LogP contribution in [0.5, 0.6) is 0 Å². The minimum Gasteiger partial charge on any atom is -0.381 e. The lowest BCUT2D eigenvalue weighted by atomic mass is 10.2. The lowest BCUT2D eigenvalue weighted by molar-refractivity contribution is -0.118. The van der Waals surface area contributed by atoms with Crippen LogP contribution in [-0.2, 0) is 21.4 Å². The number of aromatic nitrogens is 2. The van der Waals surface area contributed by atoms with E-state index < -0.39 is 22.0 Å². The number of anilines is 1. The summed E-state index contributed by atoms with van der Waals surface area (Å²) in [4.78, 5) is 10.6. The van der Waals surface area contributed by atoms with Gasteiger partial charge >= 0.3 is 0 Å². The topological polar surface area (TPSA) is 133 Å². The van der Waals surface area contributed by atoms with Gasteiger partial charge in [-0.1, -0.05) is 6.92 Å². The van der Waals surface area contributed by atoms with E-state index in [1.807, 2.05) is 6.92 Å². The summed E-state index contributed by atoms with van der Waals surface area (Å²) in [6.07, 6.45) is 2.10. The predicted molar refractivity (Wildman–Crippen MR) is 70.5 cm³/mol. The summed E-state index contributed by atoms with van der Waals surface area (Å²) in [5.41, 5.74) is 10.6. The zero-order valence-electron chi connectivity index (χ0n) is 11.0. The van der Waals surface area contributed by atoms with Crippen LogP contribution in [0.3, 0.4) is 0 Å². The number of nitrogens with zero attached hydrogens (tertiary/aromatic N) is 2. The van der Waals surface area contributed by atoms with Crippen LogP contribution >= 0.6 is 0 Å². The Morgan fingerprint density at radius 2 is 2.21 bits per heavy atom. The highest BCUT2D eigenvalue weighted by Gasteiger charge is 2.23. The van der Waals surface area contributed by atoms with Gasteiger partial charge in [-0.25, -0.2) is 13.1 Å². The maximum Gasteiger partial charge on any atom is 0.246 e. The number of nitrogens with two attached hydrogens (primary N) is 2. The molecule has 0 saturated heterocycles. The number of sulfonamides is 1. The van der Waals surface area contributed by atoms with Crippen molar-refractivity contribution in [3.8, 4) is 0 Å². The van der Waals surface area contributed by atoms with E-state index in [2.05, 4.69) is 9.82 Å².